The Bertz CT molecular complexity index is 1060. The van der Waals surface area contributed by atoms with Crippen molar-refractivity contribution in [2.75, 3.05) is 0 Å². The summed E-state index contributed by atoms with van der Waals surface area (Å²) in [6.45, 7) is 1.88. The normalized spacial score (nSPS) is 17.7. The van der Waals surface area contributed by atoms with E-state index < -0.39 is 0 Å². The van der Waals surface area contributed by atoms with Crippen molar-refractivity contribution in [2.45, 2.75) is 18.8 Å². The van der Waals surface area contributed by atoms with Gasteiger partial charge < -0.3 is 0 Å². The maximum atomic E-state index is 12.9. The van der Waals surface area contributed by atoms with Gasteiger partial charge in [0.15, 0.2) is 0 Å². The predicted octanol–water partition coefficient (Wildman–Crippen LogP) is 5.75. The smallest absolute Gasteiger partial charge is 0.244 e. The van der Waals surface area contributed by atoms with Crippen LogP contribution in [-0.2, 0) is 10.2 Å². The van der Waals surface area contributed by atoms with Crippen molar-refractivity contribution < 1.29 is 4.79 Å². The summed E-state index contributed by atoms with van der Waals surface area (Å²) in [5.74, 6) is -0.170. The van der Waals surface area contributed by atoms with E-state index in [1.807, 2.05) is 98.0 Å². The molecule has 3 heteroatoms. The predicted molar refractivity (Wildman–Crippen MR) is 128 cm³/mol. The molecule has 31 heavy (non-hydrogen) atoms. The topological polar surface area (TPSA) is 41.5 Å². The molecule has 0 saturated heterocycles. The number of nitrogens with zero attached hydrogens (tertiary/aromatic N) is 1. The van der Waals surface area contributed by atoms with E-state index in [2.05, 4.69) is 34.8 Å². The van der Waals surface area contributed by atoms with Gasteiger partial charge in [-0.25, -0.2) is 5.43 Å². The van der Waals surface area contributed by atoms with Crippen LogP contribution in [0.5, 0.6) is 0 Å². The Labute approximate surface area is 183 Å². The number of hydrogen-bond acceptors (Lipinski definition) is 2. The van der Waals surface area contributed by atoms with Crippen LogP contribution in [0.3, 0.4) is 0 Å². The van der Waals surface area contributed by atoms with Crippen molar-refractivity contribution in [3.8, 4) is 0 Å². The second kappa shape index (κ2) is 9.40. The summed E-state index contributed by atoms with van der Waals surface area (Å²) in [7, 11) is 0. The number of carbonyl (C=O) groups excluding carboxylic acids is 1. The lowest BCUT2D eigenvalue weighted by molar-refractivity contribution is -0.122. The van der Waals surface area contributed by atoms with Crippen LogP contribution >= 0.6 is 0 Å². The van der Waals surface area contributed by atoms with E-state index in [1.165, 1.54) is 11.1 Å². The van der Waals surface area contributed by atoms with Crippen LogP contribution in [0.15, 0.2) is 114 Å². The standard InChI is InChI=1S/C28H26N2O/c1-22(13-11-12-16-23-14-5-2-6-15-23)29-30-27(31)26-21-28(26,24-17-7-3-8-18-24)25-19-9-4-10-20-25/h2-20,26H,21H2,1H3,(H,30,31)/b13-11+,16-12-,29-22?/t26-/m0/s1. The first-order valence-corrected chi connectivity index (χ1v) is 10.5. The molecule has 1 aliphatic rings. The van der Waals surface area contributed by atoms with Crippen LogP contribution in [0.25, 0.3) is 6.08 Å². The van der Waals surface area contributed by atoms with Crippen LogP contribution in [0.1, 0.15) is 30.0 Å². The highest BCUT2D eigenvalue weighted by Gasteiger charge is 2.60. The van der Waals surface area contributed by atoms with Gasteiger partial charge in [0.2, 0.25) is 5.91 Å². The average molecular weight is 407 g/mol. The van der Waals surface area contributed by atoms with Crippen LogP contribution < -0.4 is 5.43 Å². The van der Waals surface area contributed by atoms with E-state index in [-0.39, 0.29) is 17.2 Å². The molecule has 1 atom stereocenters. The summed E-state index contributed by atoms with van der Waals surface area (Å²) in [5.41, 5.74) is 6.73. The van der Waals surface area contributed by atoms with Crippen molar-refractivity contribution >= 4 is 17.7 Å². The number of hydrazone groups is 1. The second-order valence-electron chi connectivity index (χ2n) is 7.82. The lowest BCUT2D eigenvalue weighted by Crippen LogP contribution is -2.26. The van der Waals surface area contributed by atoms with E-state index in [1.54, 1.807) is 0 Å². The first-order chi connectivity index (χ1) is 15.2. The lowest BCUT2D eigenvalue weighted by atomic mass is 9.85. The van der Waals surface area contributed by atoms with Crippen LogP contribution in [0.2, 0.25) is 0 Å². The van der Waals surface area contributed by atoms with Gasteiger partial charge in [-0.2, -0.15) is 5.10 Å². The van der Waals surface area contributed by atoms with Gasteiger partial charge in [0, 0.05) is 5.41 Å². The van der Waals surface area contributed by atoms with Gasteiger partial charge in [-0.3, -0.25) is 4.79 Å². The fraction of sp³-hybridized carbons (Fsp3) is 0.143. The number of amides is 1. The third kappa shape index (κ3) is 4.72. The molecule has 1 saturated carbocycles. The van der Waals surface area contributed by atoms with Crippen molar-refractivity contribution in [3.05, 3.63) is 126 Å². The largest absolute Gasteiger partial charge is 0.273 e. The van der Waals surface area contributed by atoms with Gasteiger partial charge in [-0.1, -0.05) is 109 Å². The minimum atomic E-state index is -0.274. The van der Waals surface area contributed by atoms with Crippen LogP contribution in [0.4, 0.5) is 0 Å². The van der Waals surface area contributed by atoms with Crippen molar-refractivity contribution in [1.29, 1.82) is 0 Å². The number of hydrogen-bond donors (Lipinski definition) is 1. The molecule has 0 radical (unpaired) electrons. The summed E-state index contributed by atoms with van der Waals surface area (Å²) in [4.78, 5) is 12.9. The highest BCUT2D eigenvalue weighted by atomic mass is 16.2. The van der Waals surface area contributed by atoms with E-state index in [9.17, 15) is 4.79 Å². The minimum Gasteiger partial charge on any atom is -0.273 e. The molecule has 3 nitrogen and oxygen atoms in total. The third-order valence-corrected chi connectivity index (χ3v) is 5.73. The zero-order valence-corrected chi connectivity index (χ0v) is 17.6. The molecule has 1 fully saturated rings. The zero-order chi connectivity index (χ0) is 21.5. The fourth-order valence-corrected chi connectivity index (χ4v) is 4.04. The molecule has 1 N–H and O–H groups in total. The Kier molecular flexibility index (Phi) is 6.23. The summed E-state index contributed by atoms with van der Waals surface area (Å²) >= 11 is 0. The van der Waals surface area contributed by atoms with E-state index in [0.29, 0.717) is 0 Å². The number of rotatable bonds is 7. The summed E-state index contributed by atoms with van der Waals surface area (Å²) < 4.78 is 0. The molecule has 0 unspecified atom stereocenters. The van der Waals surface area contributed by atoms with Crippen LogP contribution in [-0.4, -0.2) is 11.6 Å². The number of carbonyl (C=O) groups is 1. The van der Waals surface area contributed by atoms with Gasteiger partial charge in [0.05, 0.1) is 11.6 Å². The van der Waals surface area contributed by atoms with E-state index in [4.69, 9.17) is 0 Å². The molecule has 0 aromatic heterocycles. The molecule has 1 aliphatic carbocycles. The summed E-state index contributed by atoms with van der Waals surface area (Å²) in [5, 5.41) is 4.28. The Hall–Kier alpha value is -3.72. The Morgan fingerprint density at radius 3 is 2.00 bits per heavy atom. The molecular weight excluding hydrogens is 380 g/mol. The van der Waals surface area contributed by atoms with Gasteiger partial charge >= 0.3 is 0 Å². The number of allylic oxidation sites excluding steroid dienone is 3. The molecule has 0 aliphatic heterocycles. The van der Waals surface area contributed by atoms with Crippen LogP contribution in [0, 0.1) is 5.92 Å². The third-order valence-electron chi connectivity index (χ3n) is 5.73. The van der Waals surface area contributed by atoms with Gasteiger partial charge in [-0.05, 0) is 36.1 Å². The number of benzene rings is 3. The second-order valence-corrected chi connectivity index (χ2v) is 7.82. The monoisotopic (exact) mass is 406 g/mol. The molecule has 1 amide bonds. The van der Waals surface area contributed by atoms with Crippen molar-refractivity contribution in [3.63, 3.8) is 0 Å². The quantitative estimate of drug-likeness (QED) is 0.303. The summed E-state index contributed by atoms with van der Waals surface area (Å²) in [6, 6.07) is 30.7. The maximum Gasteiger partial charge on any atom is 0.244 e. The molecule has 154 valence electrons. The highest BCUT2D eigenvalue weighted by Crippen LogP contribution is 2.58. The SMILES string of the molecule is CC(/C=C/C=C\c1ccccc1)=NNC(=O)[C@@H]1CC1(c1ccccc1)c1ccccc1. The number of nitrogens with one attached hydrogen (secondary N) is 1. The maximum absolute atomic E-state index is 12.9. The first-order valence-electron chi connectivity index (χ1n) is 10.5. The minimum absolute atomic E-state index is 0.0414. The molecular formula is C28H26N2O. The lowest BCUT2D eigenvalue weighted by Gasteiger charge is -2.18. The fourth-order valence-electron chi connectivity index (χ4n) is 4.04. The van der Waals surface area contributed by atoms with Gasteiger partial charge in [0.25, 0.3) is 0 Å². The first kappa shape index (κ1) is 20.5. The molecule has 0 heterocycles. The molecule has 0 bridgehead atoms. The molecule has 0 spiro atoms. The molecule has 3 aromatic carbocycles. The van der Waals surface area contributed by atoms with E-state index in [0.717, 1.165) is 17.7 Å². The Balaban J connectivity index is 1.42. The molecule has 3 aromatic rings. The van der Waals surface area contributed by atoms with E-state index >= 15 is 0 Å². The Morgan fingerprint density at radius 1 is 0.871 bits per heavy atom. The van der Waals surface area contributed by atoms with Crippen molar-refractivity contribution in [1.82, 2.24) is 5.43 Å². The summed E-state index contributed by atoms with van der Waals surface area (Å²) in [6.07, 6.45) is 8.59. The van der Waals surface area contributed by atoms with Gasteiger partial charge in [-0.15, -0.1) is 0 Å². The Morgan fingerprint density at radius 2 is 1.42 bits per heavy atom. The molecule has 4 rings (SSSR count). The van der Waals surface area contributed by atoms with Gasteiger partial charge in [0.1, 0.15) is 0 Å². The van der Waals surface area contributed by atoms with Crippen molar-refractivity contribution in [2.24, 2.45) is 11.0 Å². The zero-order valence-electron chi connectivity index (χ0n) is 17.6. The highest BCUT2D eigenvalue weighted by molar-refractivity contribution is 5.94. The average Bonchev–Trinajstić information content (AvgIpc) is 3.59.